The number of nitrogens with zero attached hydrogens (tertiary/aromatic N) is 1. The minimum absolute atomic E-state index is 0.0517. The fourth-order valence-electron chi connectivity index (χ4n) is 3.61. The van der Waals surface area contributed by atoms with Gasteiger partial charge in [0.15, 0.2) is 0 Å². The van der Waals surface area contributed by atoms with Gasteiger partial charge in [0.25, 0.3) is 0 Å². The van der Waals surface area contributed by atoms with E-state index in [1.807, 2.05) is 36.1 Å². The second kappa shape index (κ2) is 7.08. The van der Waals surface area contributed by atoms with E-state index in [1.165, 1.54) is 5.56 Å². The van der Waals surface area contributed by atoms with Gasteiger partial charge in [-0.1, -0.05) is 42.0 Å². The maximum atomic E-state index is 12.5. The predicted octanol–water partition coefficient (Wildman–Crippen LogP) is 4.25. The number of hydroxylamine groups is 1. The summed E-state index contributed by atoms with van der Waals surface area (Å²) in [7, 11) is 0. The normalized spacial score (nSPS) is 18.1. The van der Waals surface area contributed by atoms with Crippen molar-refractivity contribution in [2.45, 2.75) is 32.3 Å². The molecule has 4 rings (SSSR count). The van der Waals surface area contributed by atoms with Crippen LogP contribution < -0.4 is 10.8 Å². The van der Waals surface area contributed by atoms with Gasteiger partial charge in [0, 0.05) is 31.6 Å². The Labute approximate surface area is 160 Å². The molecule has 0 atom stereocenters. The number of carbonyl (C=O) groups excluding carboxylic acids is 1. The average Bonchev–Trinajstić information content (AvgIpc) is 3.06. The monoisotopic (exact) mass is 363 g/mol. The number of amides is 2. The molecule has 0 bridgehead atoms. The average molecular weight is 363 g/mol. The second-order valence-electron chi connectivity index (χ2n) is 7.48. The number of carbonyl (C=O) groups is 1. The number of piperidine rings is 1. The van der Waals surface area contributed by atoms with E-state index in [4.69, 9.17) is 4.84 Å². The van der Waals surface area contributed by atoms with Gasteiger partial charge < -0.3 is 10.2 Å². The zero-order chi connectivity index (χ0) is 18.9. The van der Waals surface area contributed by atoms with Crippen LogP contribution in [0.5, 0.6) is 0 Å². The number of anilines is 1. The number of aryl methyl sites for hydroxylation is 2. The second-order valence-corrected chi connectivity index (χ2v) is 7.48. The third-order valence-electron chi connectivity index (χ3n) is 5.30. The van der Waals surface area contributed by atoms with Gasteiger partial charge in [-0.25, -0.2) is 4.79 Å². The van der Waals surface area contributed by atoms with Gasteiger partial charge in [0.1, 0.15) is 5.60 Å². The first-order valence-corrected chi connectivity index (χ1v) is 9.40. The van der Waals surface area contributed by atoms with E-state index < -0.39 is 0 Å². The molecule has 0 aliphatic carbocycles. The largest absolute Gasteiger partial charge is 0.324 e. The smallest absolute Gasteiger partial charge is 0.321 e. The van der Waals surface area contributed by atoms with Crippen LogP contribution in [0.25, 0.3) is 5.70 Å². The van der Waals surface area contributed by atoms with E-state index in [0.717, 1.165) is 35.4 Å². The Morgan fingerprint density at radius 1 is 1.07 bits per heavy atom. The molecule has 2 amide bonds. The summed E-state index contributed by atoms with van der Waals surface area (Å²) in [5.74, 6) is 0. The quantitative estimate of drug-likeness (QED) is 0.839. The van der Waals surface area contributed by atoms with Crippen molar-refractivity contribution in [3.05, 3.63) is 71.3 Å². The number of hydrogen-bond donors (Lipinski definition) is 2. The lowest BCUT2D eigenvalue weighted by Crippen LogP contribution is -2.48. The molecule has 2 heterocycles. The molecule has 2 aromatic carbocycles. The summed E-state index contributed by atoms with van der Waals surface area (Å²) in [4.78, 5) is 20.3. The van der Waals surface area contributed by atoms with E-state index in [0.29, 0.717) is 13.1 Å². The Morgan fingerprint density at radius 3 is 2.52 bits per heavy atom. The highest BCUT2D eigenvalue weighted by Gasteiger charge is 2.39. The molecule has 140 valence electrons. The van der Waals surface area contributed by atoms with Crippen LogP contribution in [0.3, 0.4) is 0 Å². The van der Waals surface area contributed by atoms with Gasteiger partial charge in [0.2, 0.25) is 0 Å². The topological polar surface area (TPSA) is 53.6 Å². The first kappa shape index (κ1) is 17.6. The molecular weight excluding hydrogens is 338 g/mol. The lowest BCUT2D eigenvalue weighted by molar-refractivity contribution is -0.0634. The van der Waals surface area contributed by atoms with Crippen molar-refractivity contribution in [3.63, 3.8) is 0 Å². The van der Waals surface area contributed by atoms with Crippen LogP contribution in [0.1, 0.15) is 29.5 Å². The summed E-state index contributed by atoms with van der Waals surface area (Å²) in [6, 6.07) is 16.2. The molecule has 2 aliphatic rings. The number of rotatable bonds is 2. The van der Waals surface area contributed by atoms with Crippen molar-refractivity contribution in [3.8, 4) is 0 Å². The van der Waals surface area contributed by atoms with Crippen LogP contribution in [0.15, 0.2) is 54.6 Å². The Bertz CT molecular complexity index is 865. The van der Waals surface area contributed by atoms with Gasteiger partial charge in [0.05, 0.1) is 5.70 Å². The zero-order valence-electron chi connectivity index (χ0n) is 15.8. The molecule has 1 saturated heterocycles. The Kier molecular flexibility index (Phi) is 4.62. The Morgan fingerprint density at radius 2 is 1.81 bits per heavy atom. The van der Waals surface area contributed by atoms with Crippen LogP contribution in [-0.4, -0.2) is 29.6 Å². The molecule has 5 nitrogen and oxygen atoms in total. The molecule has 0 aromatic heterocycles. The molecule has 2 aliphatic heterocycles. The molecule has 0 saturated carbocycles. The minimum Gasteiger partial charge on any atom is -0.324 e. The standard InChI is InChI=1S/C22H25N3O2/c1-16-6-8-18(9-7-16)20-15-22(27-24-20)10-12-25(13-11-22)21(26)23-19-5-3-4-17(2)14-19/h3-9,14-15,24H,10-13H2,1-2H3,(H,23,26). The zero-order valence-corrected chi connectivity index (χ0v) is 15.8. The van der Waals surface area contributed by atoms with Crippen molar-refractivity contribution in [1.82, 2.24) is 10.4 Å². The minimum atomic E-state index is -0.333. The number of benzene rings is 2. The maximum absolute atomic E-state index is 12.5. The molecule has 2 N–H and O–H groups in total. The van der Waals surface area contributed by atoms with Crippen molar-refractivity contribution < 1.29 is 9.63 Å². The molecule has 5 heteroatoms. The fraction of sp³-hybridized carbons (Fsp3) is 0.318. The molecule has 2 aromatic rings. The number of hydrogen-bond acceptors (Lipinski definition) is 3. The summed E-state index contributed by atoms with van der Waals surface area (Å²) in [6.45, 7) is 5.42. The van der Waals surface area contributed by atoms with E-state index in [1.54, 1.807) is 0 Å². The lowest BCUT2D eigenvalue weighted by atomic mass is 9.90. The highest BCUT2D eigenvalue weighted by atomic mass is 16.7. The first-order chi connectivity index (χ1) is 13.0. The number of nitrogens with one attached hydrogen (secondary N) is 2. The molecule has 1 fully saturated rings. The molecular formula is C22H25N3O2. The molecule has 1 spiro atoms. The lowest BCUT2D eigenvalue weighted by Gasteiger charge is -2.36. The van der Waals surface area contributed by atoms with E-state index in [9.17, 15) is 4.79 Å². The van der Waals surface area contributed by atoms with Crippen molar-refractivity contribution in [2.24, 2.45) is 0 Å². The van der Waals surface area contributed by atoms with E-state index in [2.05, 4.69) is 48.1 Å². The summed E-state index contributed by atoms with van der Waals surface area (Å²) in [5, 5.41) is 2.99. The van der Waals surface area contributed by atoms with Crippen LogP contribution in [0.4, 0.5) is 10.5 Å². The summed E-state index contributed by atoms with van der Waals surface area (Å²) in [6.07, 6.45) is 3.72. The number of likely N-dealkylation sites (tertiary alicyclic amines) is 1. The molecule has 27 heavy (non-hydrogen) atoms. The van der Waals surface area contributed by atoms with Crippen molar-refractivity contribution in [1.29, 1.82) is 0 Å². The van der Waals surface area contributed by atoms with Gasteiger partial charge >= 0.3 is 6.03 Å². The van der Waals surface area contributed by atoms with Crippen molar-refractivity contribution in [2.75, 3.05) is 18.4 Å². The Balaban J connectivity index is 1.38. The van der Waals surface area contributed by atoms with Gasteiger partial charge in [-0.3, -0.25) is 10.3 Å². The SMILES string of the molecule is Cc1ccc(C2=CC3(CCN(C(=O)Nc4cccc(C)c4)CC3)ON2)cc1. The van der Waals surface area contributed by atoms with Crippen molar-refractivity contribution >= 4 is 17.4 Å². The van der Waals surface area contributed by atoms with Crippen LogP contribution in [0.2, 0.25) is 0 Å². The fourth-order valence-corrected chi connectivity index (χ4v) is 3.61. The van der Waals surface area contributed by atoms with Crippen LogP contribution in [-0.2, 0) is 4.84 Å². The summed E-state index contributed by atoms with van der Waals surface area (Å²) < 4.78 is 0. The third-order valence-corrected chi connectivity index (χ3v) is 5.30. The highest BCUT2D eigenvalue weighted by Crippen LogP contribution is 2.34. The maximum Gasteiger partial charge on any atom is 0.321 e. The van der Waals surface area contributed by atoms with Gasteiger partial charge in [-0.2, -0.15) is 0 Å². The van der Waals surface area contributed by atoms with Gasteiger partial charge in [-0.15, -0.1) is 0 Å². The summed E-state index contributed by atoms with van der Waals surface area (Å²) in [5.41, 5.74) is 8.08. The van der Waals surface area contributed by atoms with Crippen LogP contribution >= 0.6 is 0 Å². The molecule has 0 radical (unpaired) electrons. The Hall–Kier alpha value is -2.79. The highest BCUT2D eigenvalue weighted by molar-refractivity contribution is 5.89. The first-order valence-electron chi connectivity index (χ1n) is 9.40. The van der Waals surface area contributed by atoms with Crippen LogP contribution in [0, 0.1) is 13.8 Å². The third kappa shape index (κ3) is 3.83. The van der Waals surface area contributed by atoms with E-state index >= 15 is 0 Å². The number of urea groups is 1. The predicted molar refractivity (Wildman–Crippen MR) is 107 cm³/mol. The molecule has 0 unspecified atom stereocenters. The summed E-state index contributed by atoms with van der Waals surface area (Å²) >= 11 is 0. The van der Waals surface area contributed by atoms with E-state index in [-0.39, 0.29) is 11.6 Å². The van der Waals surface area contributed by atoms with Gasteiger partial charge in [-0.05, 0) is 43.2 Å².